The highest BCUT2D eigenvalue weighted by Crippen LogP contribution is 2.25. The summed E-state index contributed by atoms with van der Waals surface area (Å²) in [7, 11) is 1.48. The van der Waals surface area contributed by atoms with Crippen LogP contribution in [0, 0.1) is 20.8 Å². The Morgan fingerprint density at radius 1 is 1.20 bits per heavy atom. The number of carbonyl (C=O) groups excluding carboxylic acids is 1. The van der Waals surface area contributed by atoms with E-state index < -0.39 is 0 Å². The Morgan fingerprint density at radius 2 is 1.88 bits per heavy atom. The van der Waals surface area contributed by atoms with Crippen molar-refractivity contribution >= 4 is 17.8 Å². The Kier molecular flexibility index (Phi) is 6.00. The Hall–Kier alpha value is -3.02. The Balaban J connectivity index is 1.90. The van der Waals surface area contributed by atoms with E-state index >= 15 is 0 Å². The van der Waals surface area contributed by atoms with Gasteiger partial charge in [0.2, 0.25) is 0 Å². The molecule has 0 saturated carbocycles. The summed E-state index contributed by atoms with van der Waals surface area (Å²) in [5.74, 6) is 0.146. The van der Waals surface area contributed by atoms with Crippen molar-refractivity contribution in [2.45, 2.75) is 20.8 Å². The van der Waals surface area contributed by atoms with Crippen LogP contribution in [0.1, 0.15) is 22.3 Å². The molecular weight excluding hydrogens is 318 g/mol. The quantitative estimate of drug-likeness (QED) is 0.557. The molecule has 2 rings (SSSR count). The number of benzene rings is 2. The lowest BCUT2D eigenvalue weighted by atomic mass is 10.1. The minimum atomic E-state index is -0.256. The van der Waals surface area contributed by atoms with Gasteiger partial charge in [0.15, 0.2) is 11.5 Å². The Morgan fingerprint density at radius 3 is 2.48 bits per heavy atom. The first-order chi connectivity index (χ1) is 11.9. The van der Waals surface area contributed by atoms with Crippen molar-refractivity contribution in [3.05, 3.63) is 52.6 Å². The number of phenolic OH excluding ortho intramolecular Hbond substituents is 1. The third-order valence-corrected chi connectivity index (χ3v) is 3.71. The molecule has 0 aliphatic heterocycles. The molecule has 25 heavy (non-hydrogen) atoms. The maximum atomic E-state index is 11.9. The van der Waals surface area contributed by atoms with E-state index in [0.717, 1.165) is 16.8 Å². The van der Waals surface area contributed by atoms with Crippen molar-refractivity contribution in [2.75, 3.05) is 19.0 Å². The van der Waals surface area contributed by atoms with E-state index in [0.29, 0.717) is 11.3 Å². The first-order valence-electron chi connectivity index (χ1n) is 7.91. The number of anilines is 1. The summed E-state index contributed by atoms with van der Waals surface area (Å²) in [6.07, 6.45) is 1.46. The van der Waals surface area contributed by atoms with Crippen molar-refractivity contribution in [1.82, 2.24) is 5.43 Å². The van der Waals surface area contributed by atoms with E-state index in [2.05, 4.69) is 28.0 Å². The van der Waals surface area contributed by atoms with Crippen LogP contribution in [0.5, 0.6) is 11.5 Å². The molecule has 0 heterocycles. The molecule has 0 aliphatic carbocycles. The van der Waals surface area contributed by atoms with E-state index in [-0.39, 0.29) is 18.2 Å². The van der Waals surface area contributed by atoms with Crippen LogP contribution in [0.25, 0.3) is 0 Å². The molecule has 2 aromatic rings. The summed E-state index contributed by atoms with van der Waals surface area (Å²) < 4.78 is 4.97. The lowest BCUT2D eigenvalue weighted by Crippen LogP contribution is -2.26. The van der Waals surface area contributed by atoms with Crippen LogP contribution in [0.3, 0.4) is 0 Å². The first kappa shape index (κ1) is 18.3. The van der Waals surface area contributed by atoms with Crippen LogP contribution in [0.4, 0.5) is 5.69 Å². The second-order valence-electron chi connectivity index (χ2n) is 5.85. The van der Waals surface area contributed by atoms with Gasteiger partial charge in [0.1, 0.15) is 0 Å². The molecule has 6 nitrogen and oxygen atoms in total. The molecule has 0 atom stereocenters. The number of amides is 1. The van der Waals surface area contributed by atoms with Gasteiger partial charge in [-0.3, -0.25) is 4.79 Å². The van der Waals surface area contributed by atoms with Gasteiger partial charge in [0.05, 0.1) is 19.9 Å². The molecule has 6 heteroatoms. The number of ether oxygens (including phenoxy) is 1. The largest absolute Gasteiger partial charge is 0.504 e. The number of phenols is 1. The smallest absolute Gasteiger partial charge is 0.259 e. The molecule has 0 aliphatic rings. The SMILES string of the molecule is COc1ccc(/C=N\NC(=O)CNc2c(C)cc(C)cc2C)cc1O. The number of aryl methyl sites for hydroxylation is 3. The van der Waals surface area contributed by atoms with Crippen LogP contribution in [-0.2, 0) is 4.79 Å². The normalized spacial score (nSPS) is 10.7. The van der Waals surface area contributed by atoms with Crippen molar-refractivity contribution < 1.29 is 14.6 Å². The van der Waals surface area contributed by atoms with Gasteiger partial charge in [0, 0.05) is 5.69 Å². The minimum absolute atomic E-state index is 0.0183. The van der Waals surface area contributed by atoms with Crippen molar-refractivity contribution in [3.8, 4) is 11.5 Å². The fourth-order valence-electron chi connectivity index (χ4n) is 2.63. The van der Waals surface area contributed by atoms with Crippen LogP contribution >= 0.6 is 0 Å². The fourth-order valence-corrected chi connectivity index (χ4v) is 2.63. The lowest BCUT2D eigenvalue weighted by Gasteiger charge is -2.13. The van der Waals surface area contributed by atoms with E-state index in [4.69, 9.17) is 4.74 Å². The predicted octanol–water partition coefficient (Wildman–Crippen LogP) is 2.89. The van der Waals surface area contributed by atoms with Crippen molar-refractivity contribution in [1.29, 1.82) is 0 Å². The van der Waals surface area contributed by atoms with Gasteiger partial charge in [-0.2, -0.15) is 5.10 Å². The van der Waals surface area contributed by atoms with E-state index in [1.165, 1.54) is 25.0 Å². The highest BCUT2D eigenvalue weighted by Gasteiger charge is 2.06. The van der Waals surface area contributed by atoms with Crippen LogP contribution < -0.4 is 15.5 Å². The van der Waals surface area contributed by atoms with Gasteiger partial charge in [-0.25, -0.2) is 5.43 Å². The van der Waals surface area contributed by atoms with Crippen LogP contribution in [0.2, 0.25) is 0 Å². The summed E-state index contributed by atoms with van der Waals surface area (Å²) in [4.78, 5) is 11.9. The monoisotopic (exact) mass is 341 g/mol. The molecule has 0 spiro atoms. The number of hydrazone groups is 1. The molecule has 0 unspecified atom stereocenters. The molecular formula is C19H23N3O3. The summed E-state index contributed by atoms with van der Waals surface area (Å²) >= 11 is 0. The number of rotatable bonds is 6. The number of hydrogen-bond acceptors (Lipinski definition) is 5. The van der Waals surface area contributed by atoms with Gasteiger partial charge in [0.25, 0.3) is 5.91 Å². The average molecular weight is 341 g/mol. The predicted molar refractivity (Wildman–Crippen MR) is 99.5 cm³/mol. The molecule has 0 fully saturated rings. The summed E-state index contributed by atoms with van der Waals surface area (Å²) in [5.41, 5.74) is 7.46. The van der Waals surface area contributed by atoms with Gasteiger partial charge in [-0.15, -0.1) is 0 Å². The van der Waals surface area contributed by atoms with Crippen molar-refractivity contribution in [2.24, 2.45) is 5.10 Å². The Labute approximate surface area is 147 Å². The van der Waals surface area contributed by atoms with Crippen molar-refractivity contribution in [3.63, 3.8) is 0 Å². The average Bonchev–Trinajstić information content (AvgIpc) is 2.54. The second kappa shape index (κ2) is 8.19. The molecule has 2 aromatic carbocycles. The van der Waals surface area contributed by atoms with E-state index in [1.807, 2.05) is 20.8 Å². The molecule has 0 saturated heterocycles. The molecule has 0 radical (unpaired) electrons. The zero-order chi connectivity index (χ0) is 18.4. The standard InChI is InChI=1S/C19H23N3O3/c1-12-7-13(2)19(14(3)8-12)20-11-18(24)22-21-10-15-5-6-17(25-4)16(23)9-15/h5-10,20,23H,11H2,1-4H3,(H,22,24)/b21-10-. The summed E-state index contributed by atoms with van der Waals surface area (Å²) in [5, 5.41) is 16.7. The zero-order valence-corrected chi connectivity index (χ0v) is 14.9. The lowest BCUT2D eigenvalue weighted by molar-refractivity contribution is -0.119. The first-order valence-corrected chi connectivity index (χ1v) is 7.91. The number of aromatic hydroxyl groups is 1. The van der Waals surface area contributed by atoms with Gasteiger partial charge in [-0.05, 0) is 55.7 Å². The summed E-state index contributed by atoms with van der Waals surface area (Å²) in [6.45, 7) is 6.18. The van der Waals surface area contributed by atoms with Gasteiger partial charge < -0.3 is 15.2 Å². The topological polar surface area (TPSA) is 83.0 Å². The zero-order valence-electron chi connectivity index (χ0n) is 14.9. The summed E-state index contributed by atoms with van der Waals surface area (Å²) in [6, 6.07) is 9.00. The van der Waals surface area contributed by atoms with Crippen LogP contribution in [0.15, 0.2) is 35.4 Å². The van der Waals surface area contributed by atoms with E-state index in [9.17, 15) is 9.90 Å². The van der Waals surface area contributed by atoms with Gasteiger partial charge in [-0.1, -0.05) is 17.7 Å². The maximum absolute atomic E-state index is 11.9. The molecule has 132 valence electrons. The minimum Gasteiger partial charge on any atom is -0.504 e. The van der Waals surface area contributed by atoms with E-state index in [1.54, 1.807) is 12.1 Å². The fraction of sp³-hybridized carbons (Fsp3) is 0.263. The molecule has 0 aromatic heterocycles. The molecule has 3 N–H and O–H groups in total. The number of nitrogens with one attached hydrogen (secondary N) is 2. The maximum Gasteiger partial charge on any atom is 0.259 e. The van der Waals surface area contributed by atoms with Crippen LogP contribution in [-0.4, -0.2) is 30.9 Å². The third-order valence-electron chi connectivity index (χ3n) is 3.71. The second-order valence-corrected chi connectivity index (χ2v) is 5.85. The number of hydrogen-bond donors (Lipinski definition) is 3. The Bertz CT molecular complexity index is 777. The third kappa shape index (κ3) is 4.97. The molecule has 0 bridgehead atoms. The molecule has 1 amide bonds. The number of nitrogens with zero attached hydrogens (tertiary/aromatic N) is 1. The highest BCUT2D eigenvalue weighted by atomic mass is 16.5. The van der Waals surface area contributed by atoms with Gasteiger partial charge >= 0.3 is 0 Å². The highest BCUT2D eigenvalue weighted by molar-refractivity contribution is 5.85. The number of carbonyl (C=O) groups is 1. The number of methoxy groups -OCH3 is 1.